The molecule has 4 N–H and O–H groups in total. The summed E-state index contributed by atoms with van der Waals surface area (Å²) in [6, 6.07) is 6.39. The topological polar surface area (TPSA) is 72.3 Å². The van der Waals surface area contributed by atoms with Gasteiger partial charge in [0, 0.05) is 12.6 Å². The molecule has 4 heteroatoms. The number of nitrogens with two attached hydrogens (primary N) is 2. The Labute approximate surface area is 108 Å². The van der Waals surface area contributed by atoms with E-state index in [2.05, 4.69) is 17.9 Å². The van der Waals surface area contributed by atoms with Crippen molar-refractivity contribution in [3.63, 3.8) is 0 Å². The minimum Gasteiger partial charge on any atom is -0.397 e. The van der Waals surface area contributed by atoms with Gasteiger partial charge in [-0.25, -0.2) is 0 Å². The van der Waals surface area contributed by atoms with Crippen LogP contribution in [0, 0.1) is 12.8 Å². The standard InChI is InChI=1S/C14H21N3O/c1-9-3-6-12(15)13(7-9)17-8-11(14(16)18)5-4-10(17)2/h3,6-7,10-11H,4-5,8,15H2,1-2H3,(H2,16,18). The second-order valence-electron chi connectivity index (χ2n) is 5.24. The average molecular weight is 247 g/mol. The number of piperidine rings is 1. The van der Waals surface area contributed by atoms with Crippen LogP contribution in [0.1, 0.15) is 25.3 Å². The molecular weight excluding hydrogens is 226 g/mol. The van der Waals surface area contributed by atoms with Crippen molar-refractivity contribution in [3.05, 3.63) is 23.8 Å². The summed E-state index contributed by atoms with van der Waals surface area (Å²) in [5.41, 5.74) is 14.4. The van der Waals surface area contributed by atoms with Crippen LogP contribution in [0.5, 0.6) is 0 Å². The van der Waals surface area contributed by atoms with E-state index in [-0.39, 0.29) is 11.8 Å². The van der Waals surface area contributed by atoms with Gasteiger partial charge in [0.2, 0.25) is 5.91 Å². The third-order valence-corrected chi connectivity index (χ3v) is 3.78. The van der Waals surface area contributed by atoms with Crippen molar-refractivity contribution in [3.8, 4) is 0 Å². The summed E-state index contributed by atoms with van der Waals surface area (Å²) in [7, 11) is 0. The summed E-state index contributed by atoms with van der Waals surface area (Å²) in [4.78, 5) is 13.6. The Hall–Kier alpha value is -1.71. The van der Waals surface area contributed by atoms with Gasteiger partial charge in [0.1, 0.15) is 0 Å². The van der Waals surface area contributed by atoms with Gasteiger partial charge in [0.25, 0.3) is 0 Å². The first kappa shape index (κ1) is 12.7. The smallest absolute Gasteiger partial charge is 0.222 e. The van der Waals surface area contributed by atoms with E-state index in [4.69, 9.17) is 11.5 Å². The fourth-order valence-electron chi connectivity index (χ4n) is 2.58. The molecule has 1 aromatic rings. The molecular formula is C14H21N3O. The molecule has 0 spiro atoms. The molecule has 18 heavy (non-hydrogen) atoms. The van der Waals surface area contributed by atoms with Crippen LogP contribution in [0.15, 0.2) is 18.2 Å². The lowest BCUT2D eigenvalue weighted by Crippen LogP contribution is -2.46. The summed E-state index contributed by atoms with van der Waals surface area (Å²) in [6.07, 6.45) is 1.85. The van der Waals surface area contributed by atoms with Crippen LogP contribution in [-0.4, -0.2) is 18.5 Å². The van der Waals surface area contributed by atoms with E-state index in [9.17, 15) is 4.79 Å². The summed E-state index contributed by atoms with van der Waals surface area (Å²) >= 11 is 0. The van der Waals surface area contributed by atoms with Crippen LogP contribution >= 0.6 is 0 Å². The molecule has 0 saturated carbocycles. The lowest BCUT2D eigenvalue weighted by atomic mass is 9.92. The normalized spacial score (nSPS) is 24.0. The number of hydrogen-bond acceptors (Lipinski definition) is 3. The summed E-state index contributed by atoms with van der Waals surface area (Å²) in [5, 5.41) is 0. The SMILES string of the molecule is Cc1ccc(N)c(N2CC(C(N)=O)CCC2C)c1. The number of carbonyl (C=O) groups is 1. The molecule has 4 nitrogen and oxygen atoms in total. The number of aryl methyl sites for hydroxylation is 1. The maximum Gasteiger partial charge on any atom is 0.222 e. The van der Waals surface area contributed by atoms with E-state index in [0.29, 0.717) is 12.6 Å². The van der Waals surface area contributed by atoms with E-state index in [1.165, 1.54) is 5.56 Å². The molecule has 1 aliphatic heterocycles. The highest BCUT2D eigenvalue weighted by atomic mass is 16.1. The molecule has 2 rings (SSSR count). The predicted octanol–water partition coefficient (Wildman–Crippen LogP) is 1.67. The number of hydrogen-bond donors (Lipinski definition) is 2. The Kier molecular flexibility index (Phi) is 3.45. The molecule has 1 amide bonds. The van der Waals surface area contributed by atoms with Crippen molar-refractivity contribution in [2.24, 2.45) is 11.7 Å². The Morgan fingerprint density at radius 1 is 1.39 bits per heavy atom. The van der Waals surface area contributed by atoms with Gasteiger partial charge in [0.15, 0.2) is 0 Å². The second kappa shape index (κ2) is 4.88. The van der Waals surface area contributed by atoms with Crippen LogP contribution in [0.25, 0.3) is 0 Å². The van der Waals surface area contributed by atoms with Crippen molar-refractivity contribution < 1.29 is 4.79 Å². The first-order valence-electron chi connectivity index (χ1n) is 6.41. The zero-order valence-corrected chi connectivity index (χ0v) is 11.0. The van der Waals surface area contributed by atoms with Crippen molar-refractivity contribution in [2.75, 3.05) is 17.2 Å². The largest absolute Gasteiger partial charge is 0.397 e. The van der Waals surface area contributed by atoms with Gasteiger partial charge in [-0.05, 0) is 44.4 Å². The summed E-state index contributed by atoms with van der Waals surface area (Å²) in [5.74, 6) is -0.278. The molecule has 0 bridgehead atoms. The fourth-order valence-corrected chi connectivity index (χ4v) is 2.58. The lowest BCUT2D eigenvalue weighted by molar-refractivity contribution is -0.122. The summed E-state index contributed by atoms with van der Waals surface area (Å²) in [6.45, 7) is 4.88. The Balaban J connectivity index is 2.29. The number of nitrogen functional groups attached to an aromatic ring is 1. The third-order valence-electron chi connectivity index (χ3n) is 3.78. The maximum absolute atomic E-state index is 11.4. The number of carbonyl (C=O) groups excluding carboxylic acids is 1. The third kappa shape index (κ3) is 2.42. The van der Waals surface area contributed by atoms with E-state index < -0.39 is 0 Å². The lowest BCUT2D eigenvalue weighted by Gasteiger charge is -2.39. The molecule has 1 aliphatic rings. The van der Waals surface area contributed by atoms with Gasteiger partial charge >= 0.3 is 0 Å². The van der Waals surface area contributed by atoms with E-state index in [1.54, 1.807) is 0 Å². The number of nitrogens with zero attached hydrogens (tertiary/aromatic N) is 1. The van der Waals surface area contributed by atoms with Gasteiger partial charge < -0.3 is 16.4 Å². The summed E-state index contributed by atoms with van der Waals surface area (Å²) < 4.78 is 0. The molecule has 1 heterocycles. The number of anilines is 2. The molecule has 0 aliphatic carbocycles. The Morgan fingerprint density at radius 2 is 2.11 bits per heavy atom. The molecule has 1 saturated heterocycles. The monoisotopic (exact) mass is 247 g/mol. The second-order valence-corrected chi connectivity index (χ2v) is 5.24. The van der Waals surface area contributed by atoms with Crippen LogP contribution in [-0.2, 0) is 4.79 Å². The highest BCUT2D eigenvalue weighted by Gasteiger charge is 2.29. The minimum absolute atomic E-state index is 0.0684. The van der Waals surface area contributed by atoms with E-state index >= 15 is 0 Å². The zero-order chi connectivity index (χ0) is 13.3. The van der Waals surface area contributed by atoms with Crippen molar-refractivity contribution in [2.45, 2.75) is 32.7 Å². The number of benzene rings is 1. The first-order chi connectivity index (χ1) is 8.49. The van der Waals surface area contributed by atoms with Crippen LogP contribution in [0.2, 0.25) is 0 Å². The number of amides is 1. The van der Waals surface area contributed by atoms with Gasteiger partial charge in [-0.1, -0.05) is 6.07 Å². The van der Waals surface area contributed by atoms with Gasteiger partial charge in [-0.3, -0.25) is 4.79 Å². The molecule has 0 aromatic heterocycles. The van der Waals surface area contributed by atoms with Crippen molar-refractivity contribution in [1.82, 2.24) is 0 Å². The van der Waals surface area contributed by atoms with Crippen LogP contribution in [0.4, 0.5) is 11.4 Å². The quantitative estimate of drug-likeness (QED) is 0.781. The van der Waals surface area contributed by atoms with Crippen LogP contribution in [0.3, 0.4) is 0 Å². The van der Waals surface area contributed by atoms with E-state index in [1.807, 2.05) is 19.1 Å². The molecule has 2 atom stereocenters. The molecule has 1 fully saturated rings. The Morgan fingerprint density at radius 3 is 2.78 bits per heavy atom. The fraction of sp³-hybridized carbons (Fsp3) is 0.500. The molecule has 0 radical (unpaired) electrons. The van der Waals surface area contributed by atoms with Gasteiger partial charge in [0.05, 0.1) is 17.3 Å². The van der Waals surface area contributed by atoms with Gasteiger partial charge in [-0.2, -0.15) is 0 Å². The van der Waals surface area contributed by atoms with Crippen molar-refractivity contribution in [1.29, 1.82) is 0 Å². The number of primary amides is 1. The van der Waals surface area contributed by atoms with E-state index in [0.717, 1.165) is 24.2 Å². The van der Waals surface area contributed by atoms with Crippen LogP contribution < -0.4 is 16.4 Å². The average Bonchev–Trinajstić information content (AvgIpc) is 2.33. The van der Waals surface area contributed by atoms with Gasteiger partial charge in [-0.15, -0.1) is 0 Å². The maximum atomic E-state index is 11.4. The molecule has 98 valence electrons. The minimum atomic E-state index is -0.210. The predicted molar refractivity (Wildman–Crippen MR) is 74.3 cm³/mol. The Bertz CT molecular complexity index is 458. The molecule has 2 unspecified atom stereocenters. The molecule has 1 aromatic carbocycles. The highest BCUT2D eigenvalue weighted by molar-refractivity contribution is 5.78. The zero-order valence-electron chi connectivity index (χ0n) is 11.0. The first-order valence-corrected chi connectivity index (χ1v) is 6.41. The van der Waals surface area contributed by atoms with Crippen molar-refractivity contribution >= 4 is 17.3 Å². The number of rotatable bonds is 2. The highest BCUT2D eigenvalue weighted by Crippen LogP contribution is 2.32.